The first-order valence-corrected chi connectivity index (χ1v) is 6.61. The maximum atomic E-state index is 11.6. The third kappa shape index (κ3) is 3.07. The summed E-state index contributed by atoms with van der Waals surface area (Å²) in [6.45, 7) is 4.17. The van der Waals surface area contributed by atoms with E-state index in [1.165, 1.54) is 5.56 Å². The van der Waals surface area contributed by atoms with Gasteiger partial charge in [-0.2, -0.15) is 0 Å². The summed E-state index contributed by atoms with van der Waals surface area (Å²) < 4.78 is 0. The van der Waals surface area contributed by atoms with Crippen LogP contribution in [-0.2, 0) is 11.2 Å². The first-order chi connectivity index (χ1) is 8.78. The maximum Gasteiger partial charge on any atom is 0.227 e. The Morgan fingerprint density at radius 3 is 2.68 bits per heavy atom. The molecule has 0 saturated heterocycles. The standard InChI is InChI=1S/C15H22N2O2/c1-15(2,19)10-16(3)12-6-7-13-11(9-12)5-8-14(18)17(13)4/h6-7,9,19H,5,8,10H2,1-4H3. The molecule has 0 saturated carbocycles. The van der Waals surface area contributed by atoms with Crippen molar-refractivity contribution >= 4 is 17.3 Å². The molecule has 1 aliphatic rings. The highest BCUT2D eigenvalue weighted by molar-refractivity contribution is 5.96. The van der Waals surface area contributed by atoms with Crippen molar-refractivity contribution < 1.29 is 9.90 Å². The van der Waals surface area contributed by atoms with Gasteiger partial charge >= 0.3 is 0 Å². The number of hydrogen-bond donors (Lipinski definition) is 1. The molecule has 4 nitrogen and oxygen atoms in total. The second kappa shape index (κ2) is 4.85. The average Bonchev–Trinajstić information content (AvgIpc) is 2.31. The molecule has 1 heterocycles. The minimum Gasteiger partial charge on any atom is -0.389 e. The van der Waals surface area contributed by atoms with E-state index >= 15 is 0 Å². The van der Waals surface area contributed by atoms with Crippen LogP contribution in [0.1, 0.15) is 25.8 Å². The van der Waals surface area contributed by atoms with Crippen LogP contribution in [0.15, 0.2) is 18.2 Å². The maximum absolute atomic E-state index is 11.6. The van der Waals surface area contributed by atoms with Crippen LogP contribution in [0.3, 0.4) is 0 Å². The Bertz CT molecular complexity index is 491. The van der Waals surface area contributed by atoms with Gasteiger partial charge in [-0.05, 0) is 44.0 Å². The van der Waals surface area contributed by atoms with E-state index in [0.717, 1.165) is 17.8 Å². The van der Waals surface area contributed by atoms with E-state index in [9.17, 15) is 9.90 Å². The van der Waals surface area contributed by atoms with Gasteiger partial charge in [-0.25, -0.2) is 0 Å². The van der Waals surface area contributed by atoms with Crippen molar-refractivity contribution in [1.29, 1.82) is 0 Å². The van der Waals surface area contributed by atoms with Gasteiger partial charge in [0.25, 0.3) is 0 Å². The van der Waals surface area contributed by atoms with E-state index < -0.39 is 5.60 Å². The third-order valence-electron chi connectivity index (χ3n) is 3.47. The lowest BCUT2D eigenvalue weighted by atomic mass is 10.0. The molecule has 1 amide bonds. The molecule has 0 atom stereocenters. The molecule has 4 heteroatoms. The summed E-state index contributed by atoms with van der Waals surface area (Å²) in [6, 6.07) is 6.10. The molecule has 104 valence electrons. The molecule has 0 aromatic heterocycles. The van der Waals surface area contributed by atoms with E-state index in [2.05, 4.69) is 6.07 Å². The lowest BCUT2D eigenvalue weighted by Gasteiger charge is -2.30. The summed E-state index contributed by atoms with van der Waals surface area (Å²) in [5.41, 5.74) is 2.54. The van der Waals surface area contributed by atoms with Gasteiger partial charge in [-0.15, -0.1) is 0 Å². The molecule has 0 aliphatic carbocycles. The van der Waals surface area contributed by atoms with Crippen LogP contribution in [0.4, 0.5) is 11.4 Å². The molecule has 0 spiro atoms. The normalized spacial score (nSPS) is 15.4. The average molecular weight is 262 g/mol. The topological polar surface area (TPSA) is 43.8 Å². The van der Waals surface area contributed by atoms with Crippen LogP contribution in [0.2, 0.25) is 0 Å². The Hall–Kier alpha value is -1.55. The highest BCUT2D eigenvalue weighted by atomic mass is 16.3. The molecule has 2 rings (SSSR count). The Morgan fingerprint density at radius 2 is 2.05 bits per heavy atom. The summed E-state index contributed by atoms with van der Waals surface area (Å²) in [5.74, 6) is 0.171. The summed E-state index contributed by atoms with van der Waals surface area (Å²) in [4.78, 5) is 15.4. The molecule has 0 unspecified atom stereocenters. The van der Waals surface area contributed by atoms with E-state index in [0.29, 0.717) is 13.0 Å². The first-order valence-electron chi connectivity index (χ1n) is 6.61. The fourth-order valence-electron chi connectivity index (χ4n) is 2.55. The molecule has 1 aromatic carbocycles. The predicted octanol–water partition coefficient (Wildman–Crippen LogP) is 1.80. The van der Waals surface area contributed by atoms with Crippen molar-refractivity contribution in [2.45, 2.75) is 32.3 Å². The second-order valence-electron chi connectivity index (χ2n) is 5.93. The number of amides is 1. The zero-order chi connectivity index (χ0) is 14.2. The molecule has 1 aliphatic heterocycles. The molecule has 0 bridgehead atoms. The number of likely N-dealkylation sites (N-methyl/N-ethyl adjacent to an activating group) is 1. The summed E-state index contributed by atoms with van der Waals surface area (Å²) in [7, 11) is 3.79. The quantitative estimate of drug-likeness (QED) is 0.903. The number of anilines is 2. The number of rotatable bonds is 3. The fraction of sp³-hybridized carbons (Fsp3) is 0.533. The van der Waals surface area contributed by atoms with Gasteiger partial charge in [-0.3, -0.25) is 4.79 Å². The van der Waals surface area contributed by atoms with E-state index in [4.69, 9.17) is 0 Å². The van der Waals surface area contributed by atoms with Crippen LogP contribution >= 0.6 is 0 Å². The highest BCUT2D eigenvalue weighted by Gasteiger charge is 2.22. The van der Waals surface area contributed by atoms with Crippen molar-refractivity contribution in [3.63, 3.8) is 0 Å². The van der Waals surface area contributed by atoms with Crippen LogP contribution in [-0.4, -0.2) is 37.3 Å². The van der Waals surface area contributed by atoms with Gasteiger partial charge < -0.3 is 14.9 Å². The Morgan fingerprint density at radius 1 is 1.37 bits per heavy atom. The van der Waals surface area contributed by atoms with Crippen molar-refractivity contribution in [3.8, 4) is 0 Å². The van der Waals surface area contributed by atoms with Crippen LogP contribution in [0, 0.1) is 0 Å². The van der Waals surface area contributed by atoms with Crippen molar-refractivity contribution in [2.24, 2.45) is 0 Å². The Labute approximate surface area is 114 Å². The van der Waals surface area contributed by atoms with Crippen molar-refractivity contribution in [2.75, 3.05) is 30.4 Å². The Balaban J connectivity index is 2.24. The van der Waals surface area contributed by atoms with Crippen LogP contribution in [0.5, 0.6) is 0 Å². The van der Waals surface area contributed by atoms with E-state index in [-0.39, 0.29) is 5.91 Å². The third-order valence-corrected chi connectivity index (χ3v) is 3.47. The largest absolute Gasteiger partial charge is 0.389 e. The molecule has 1 N–H and O–H groups in total. The highest BCUT2D eigenvalue weighted by Crippen LogP contribution is 2.30. The summed E-state index contributed by atoms with van der Waals surface area (Å²) in [5, 5.41) is 9.87. The summed E-state index contributed by atoms with van der Waals surface area (Å²) in [6.07, 6.45) is 1.37. The molecule has 0 radical (unpaired) electrons. The molecule has 1 aromatic rings. The number of nitrogens with zero attached hydrogens (tertiary/aromatic N) is 2. The SMILES string of the molecule is CN(CC(C)(C)O)c1ccc2c(c1)CCC(=O)N2C. The summed E-state index contributed by atoms with van der Waals surface area (Å²) >= 11 is 0. The second-order valence-corrected chi connectivity index (χ2v) is 5.93. The van der Waals surface area contributed by atoms with Crippen LogP contribution < -0.4 is 9.80 Å². The lowest BCUT2D eigenvalue weighted by Crippen LogP contribution is -2.36. The zero-order valence-electron chi connectivity index (χ0n) is 12.1. The number of fused-ring (bicyclic) bond motifs is 1. The van der Waals surface area contributed by atoms with Gasteiger partial charge in [0.15, 0.2) is 0 Å². The zero-order valence-corrected chi connectivity index (χ0v) is 12.1. The van der Waals surface area contributed by atoms with Crippen molar-refractivity contribution in [1.82, 2.24) is 0 Å². The monoisotopic (exact) mass is 262 g/mol. The van der Waals surface area contributed by atoms with Gasteiger partial charge in [-0.1, -0.05) is 0 Å². The van der Waals surface area contributed by atoms with Gasteiger partial charge in [0.1, 0.15) is 0 Å². The molecular weight excluding hydrogens is 240 g/mol. The number of hydrogen-bond acceptors (Lipinski definition) is 3. The van der Waals surface area contributed by atoms with Gasteiger partial charge in [0, 0.05) is 38.4 Å². The van der Waals surface area contributed by atoms with Crippen molar-refractivity contribution in [3.05, 3.63) is 23.8 Å². The van der Waals surface area contributed by atoms with E-state index in [1.807, 2.05) is 31.1 Å². The number of aliphatic hydroxyl groups is 1. The lowest BCUT2D eigenvalue weighted by molar-refractivity contribution is -0.118. The molecule has 0 fully saturated rings. The predicted molar refractivity (Wildman–Crippen MR) is 77.7 cm³/mol. The minimum absolute atomic E-state index is 0.171. The smallest absolute Gasteiger partial charge is 0.227 e. The van der Waals surface area contributed by atoms with Gasteiger partial charge in [0.2, 0.25) is 5.91 Å². The minimum atomic E-state index is -0.725. The molecular formula is C15H22N2O2. The number of carbonyl (C=O) groups is 1. The number of benzene rings is 1. The number of carbonyl (C=O) groups excluding carboxylic acids is 1. The number of aryl methyl sites for hydroxylation is 1. The Kier molecular flexibility index (Phi) is 3.54. The molecule has 19 heavy (non-hydrogen) atoms. The van der Waals surface area contributed by atoms with Gasteiger partial charge in [0.05, 0.1) is 5.60 Å². The fourth-order valence-corrected chi connectivity index (χ4v) is 2.55. The first kappa shape index (κ1) is 13.9. The van der Waals surface area contributed by atoms with Crippen LogP contribution in [0.25, 0.3) is 0 Å². The van der Waals surface area contributed by atoms with E-state index in [1.54, 1.807) is 18.7 Å².